The number of benzene rings is 1. The predicted octanol–water partition coefficient (Wildman–Crippen LogP) is 3.42. The quantitative estimate of drug-likeness (QED) is 0.864. The van der Waals surface area contributed by atoms with Gasteiger partial charge in [-0.25, -0.2) is 4.79 Å². The molecule has 0 radical (unpaired) electrons. The number of alkyl halides is 3. The first-order valence-corrected chi connectivity index (χ1v) is 5.83. The molecule has 0 bridgehead atoms. The first-order valence-electron chi connectivity index (χ1n) is 5.83. The highest BCUT2D eigenvalue weighted by molar-refractivity contribution is 5.84. The number of para-hydroxylation sites is 1. The van der Waals surface area contributed by atoms with Crippen LogP contribution in [0.5, 0.6) is 5.75 Å². The van der Waals surface area contributed by atoms with Gasteiger partial charge in [0.05, 0.1) is 11.3 Å². The van der Waals surface area contributed by atoms with Crippen LogP contribution in [0, 0.1) is 6.92 Å². The Morgan fingerprint density at radius 2 is 1.95 bits per heavy atom. The molecule has 2 rings (SSSR count). The Morgan fingerprint density at radius 3 is 2.57 bits per heavy atom. The summed E-state index contributed by atoms with van der Waals surface area (Å²) in [6.07, 6.45) is -3.71. The van der Waals surface area contributed by atoms with Crippen molar-refractivity contribution in [1.82, 2.24) is 0 Å². The Labute approximate surface area is 117 Å². The number of aromatic hydroxyl groups is 1. The van der Waals surface area contributed by atoms with Crippen LogP contribution in [0.2, 0.25) is 0 Å². The van der Waals surface area contributed by atoms with Gasteiger partial charge in [0, 0.05) is 12.3 Å². The predicted molar refractivity (Wildman–Crippen MR) is 70.1 cm³/mol. The molecule has 0 aliphatic heterocycles. The van der Waals surface area contributed by atoms with Crippen LogP contribution in [0.3, 0.4) is 0 Å². The summed E-state index contributed by atoms with van der Waals surface area (Å²) >= 11 is 0. The maximum absolute atomic E-state index is 12.8. The molecule has 110 valence electrons. The van der Waals surface area contributed by atoms with Crippen molar-refractivity contribution in [3.05, 3.63) is 57.6 Å². The second-order valence-corrected chi connectivity index (χ2v) is 4.22. The molecule has 1 aromatic carbocycles. The zero-order valence-corrected chi connectivity index (χ0v) is 10.8. The molecular formula is C14H10F3NO3. The molecule has 21 heavy (non-hydrogen) atoms. The van der Waals surface area contributed by atoms with E-state index in [1.807, 2.05) is 0 Å². The van der Waals surface area contributed by atoms with Gasteiger partial charge in [-0.05, 0) is 19.1 Å². The molecule has 1 heterocycles. The number of aliphatic imine (C=N–C) groups is 1. The largest absolute Gasteiger partial charge is 0.507 e. The number of hydrogen-bond donors (Lipinski definition) is 1. The SMILES string of the molecule is Cc1cc(O)c(C=Nc2ccccc2C(F)(F)F)c(=O)o1. The van der Waals surface area contributed by atoms with Crippen molar-refractivity contribution in [2.24, 2.45) is 4.99 Å². The van der Waals surface area contributed by atoms with Gasteiger partial charge < -0.3 is 9.52 Å². The van der Waals surface area contributed by atoms with Crippen LogP contribution in [0.15, 0.2) is 44.5 Å². The van der Waals surface area contributed by atoms with E-state index < -0.39 is 23.1 Å². The molecule has 2 aromatic rings. The molecule has 0 saturated carbocycles. The van der Waals surface area contributed by atoms with Crippen LogP contribution < -0.4 is 5.63 Å². The Bertz CT molecular complexity index is 748. The summed E-state index contributed by atoms with van der Waals surface area (Å²) in [5.41, 5.74) is -2.47. The van der Waals surface area contributed by atoms with Crippen LogP contribution in [0.4, 0.5) is 18.9 Å². The smallest absolute Gasteiger partial charge is 0.418 e. The lowest BCUT2D eigenvalue weighted by molar-refractivity contribution is -0.137. The molecule has 0 aliphatic carbocycles. The maximum atomic E-state index is 12.8. The highest BCUT2D eigenvalue weighted by atomic mass is 19.4. The molecule has 1 N–H and O–H groups in total. The van der Waals surface area contributed by atoms with E-state index in [0.29, 0.717) is 0 Å². The van der Waals surface area contributed by atoms with Crippen molar-refractivity contribution >= 4 is 11.9 Å². The van der Waals surface area contributed by atoms with Gasteiger partial charge in [-0.15, -0.1) is 0 Å². The van der Waals surface area contributed by atoms with Gasteiger partial charge >= 0.3 is 11.8 Å². The van der Waals surface area contributed by atoms with E-state index in [2.05, 4.69) is 4.99 Å². The van der Waals surface area contributed by atoms with Gasteiger partial charge in [-0.3, -0.25) is 4.99 Å². The number of nitrogens with zero attached hydrogens (tertiary/aromatic N) is 1. The third-order valence-corrected chi connectivity index (χ3v) is 2.63. The second-order valence-electron chi connectivity index (χ2n) is 4.22. The molecule has 0 saturated heterocycles. The molecule has 0 aliphatic rings. The molecule has 0 spiro atoms. The molecule has 0 fully saturated rings. The van der Waals surface area contributed by atoms with Crippen molar-refractivity contribution in [1.29, 1.82) is 0 Å². The summed E-state index contributed by atoms with van der Waals surface area (Å²) in [6.45, 7) is 1.46. The minimum atomic E-state index is -4.56. The van der Waals surface area contributed by atoms with Gasteiger partial charge in [0.25, 0.3) is 0 Å². The maximum Gasteiger partial charge on any atom is 0.418 e. The Morgan fingerprint density at radius 1 is 1.29 bits per heavy atom. The summed E-state index contributed by atoms with van der Waals surface area (Å²) in [4.78, 5) is 15.2. The number of hydrogen-bond acceptors (Lipinski definition) is 4. The van der Waals surface area contributed by atoms with Crippen LogP contribution in [-0.4, -0.2) is 11.3 Å². The van der Waals surface area contributed by atoms with Crippen LogP contribution in [0.25, 0.3) is 0 Å². The topological polar surface area (TPSA) is 62.8 Å². The monoisotopic (exact) mass is 297 g/mol. The third-order valence-electron chi connectivity index (χ3n) is 2.63. The third kappa shape index (κ3) is 3.31. The summed E-state index contributed by atoms with van der Waals surface area (Å²) in [6, 6.07) is 5.84. The van der Waals surface area contributed by atoms with Gasteiger partial charge in [0.1, 0.15) is 17.1 Å². The lowest BCUT2D eigenvalue weighted by Crippen LogP contribution is -2.08. The lowest BCUT2D eigenvalue weighted by Gasteiger charge is -2.08. The van der Waals surface area contributed by atoms with E-state index in [-0.39, 0.29) is 17.0 Å². The average molecular weight is 297 g/mol. The molecule has 0 unspecified atom stereocenters. The normalized spacial score (nSPS) is 12.0. The first kappa shape index (κ1) is 14.8. The average Bonchev–Trinajstić information content (AvgIpc) is 2.36. The molecule has 0 atom stereocenters. The van der Waals surface area contributed by atoms with E-state index in [0.717, 1.165) is 18.3 Å². The van der Waals surface area contributed by atoms with Crippen LogP contribution in [0.1, 0.15) is 16.9 Å². The van der Waals surface area contributed by atoms with Crippen LogP contribution in [-0.2, 0) is 6.18 Å². The van der Waals surface area contributed by atoms with Crippen molar-refractivity contribution in [3.8, 4) is 5.75 Å². The number of rotatable bonds is 2. The molecule has 0 amide bonds. The standard InChI is InChI=1S/C14H10F3NO3/c1-8-6-12(19)9(13(20)21-8)7-18-11-5-3-2-4-10(11)14(15,16)17/h2-7,19H,1H3. The van der Waals surface area contributed by atoms with Crippen molar-refractivity contribution in [3.63, 3.8) is 0 Å². The fourth-order valence-electron chi connectivity index (χ4n) is 1.68. The van der Waals surface area contributed by atoms with Gasteiger partial charge in [-0.1, -0.05) is 12.1 Å². The Kier molecular flexibility index (Phi) is 3.84. The highest BCUT2D eigenvalue weighted by Gasteiger charge is 2.33. The van der Waals surface area contributed by atoms with Crippen LogP contribution >= 0.6 is 0 Å². The Balaban J connectivity index is 2.47. The highest BCUT2D eigenvalue weighted by Crippen LogP contribution is 2.35. The number of halogens is 3. The molecule has 4 nitrogen and oxygen atoms in total. The summed E-state index contributed by atoms with van der Waals surface area (Å²) in [5.74, 6) is -0.220. The molecule has 7 heteroatoms. The van der Waals surface area contributed by atoms with E-state index in [9.17, 15) is 23.1 Å². The summed E-state index contributed by atoms with van der Waals surface area (Å²) in [7, 11) is 0. The summed E-state index contributed by atoms with van der Waals surface area (Å²) < 4.78 is 43.1. The van der Waals surface area contributed by atoms with Crippen molar-refractivity contribution in [2.45, 2.75) is 13.1 Å². The lowest BCUT2D eigenvalue weighted by atomic mass is 10.1. The van der Waals surface area contributed by atoms with Gasteiger partial charge in [0.15, 0.2) is 0 Å². The number of aryl methyl sites for hydroxylation is 1. The van der Waals surface area contributed by atoms with E-state index >= 15 is 0 Å². The Hall–Kier alpha value is -2.57. The fourth-order valence-corrected chi connectivity index (χ4v) is 1.68. The minimum absolute atomic E-state index is 0.186. The second kappa shape index (κ2) is 5.43. The van der Waals surface area contributed by atoms with E-state index in [1.54, 1.807) is 0 Å². The first-order chi connectivity index (χ1) is 9.79. The molecular weight excluding hydrogens is 287 g/mol. The van der Waals surface area contributed by atoms with Gasteiger partial charge in [0.2, 0.25) is 0 Å². The zero-order valence-electron chi connectivity index (χ0n) is 10.8. The van der Waals surface area contributed by atoms with Gasteiger partial charge in [-0.2, -0.15) is 13.2 Å². The van der Waals surface area contributed by atoms with Crippen molar-refractivity contribution < 1.29 is 22.7 Å². The molecule has 1 aromatic heterocycles. The van der Waals surface area contributed by atoms with E-state index in [1.165, 1.54) is 25.1 Å². The summed E-state index contributed by atoms with van der Waals surface area (Å²) in [5, 5.41) is 9.61. The fraction of sp³-hybridized carbons (Fsp3) is 0.143. The minimum Gasteiger partial charge on any atom is -0.507 e. The zero-order chi connectivity index (χ0) is 15.6. The van der Waals surface area contributed by atoms with E-state index in [4.69, 9.17) is 4.42 Å². The van der Waals surface area contributed by atoms with Crippen molar-refractivity contribution in [2.75, 3.05) is 0 Å².